The van der Waals surface area contributed by atoms with Gasteiger partial charge in [-0.2, -0.15) is 0 Å². The van der Waals surface area contributed by atoms with E-state index in [2.05, 4.69) is 317 Å². The van der Waals surface area contributed by atoms with Crippen molar-refractivity contribution in [2.75, 3.05) is 0 Å². The van der Waals surface area contributed by atoms with Gasteiger partial charge in [-0.15, -0.1) is 0 Å². The third kappa shape index (κ3) is 15.5. The van der Waals surface area contributed by atoms with Crippen molar-refractivity contribution in [3.63, 3.8) is 0 Å². The number of aromatic nitrogens is 1. The zero-order valence-corrected chi connectivity index (χ0v) is 62.1. The van der Waals surface area contributed by atoms with E-state index in [9.17, 15) is 0 Å². The van der Waals surface area contributed by atoms with Gasteiger partial charge < -0.3 is 0 Å². The molecule has 0 N–H and O–H groups in total. The minimum absolute atomic E-state index is 0.104. The normalized spacial score (nSPS) is 15.2. The van der Waals surface area contributed by atoms with Crippen LogP contribution in [0.2, 0.25) is 0 Å². The molecule has 1 heterocycles. The lowest BCUT2D eigenvalue weighted by molar-refractivity contribution is 0.0973. The molecule has 0 amide bonds. The molecule has 0 unspecified atom stereocenters. The van der Waals surface area contributed by atoms with Crippen molar-refractivity contribution in [2.45, 2.75) is 303 Å². The predicted molar refractivity (Wildman–Crippen MR) is 395 cm³/mol. The highest BCUT2D eigenvalue weighted by atomic mass is 14.7. The molecule has 7 aromatic carbocycles. The fraction of sp³-hybridized carbons (Fsp3) is 0.552. The Balaban J connectivity index is 0.000000188. The molecule has 0 aliphatic heterocycles. The molecule has 0 spiro atoms. The lowest BCUT2D eigenvalue weighted by atomic mass is 9.59. The van der Waals surface area contributed by atoms with Gasteiger partial charge in [-0.25, -0.2) is 0 Å². The molecule has 0 atom stereocenters. The Morgan fingerprint density at radius 3 is 1.05 bits per heavy atom. The van der Waals surface area contributed by atoms with Crippen LogP contribution in [0.3, 0.4) is 0 Å². The SMILES string of the molecule is CCC(C)(CC)c1cc(C(C)(C)C)c(C)c2ccccc12.CCC(CC)(CC)c1cc(C(C)(C)C)c(C)c2ccccc12.Cc1c(C(C)(C)C)cc(C2CC(C)(C)CC(C)(C)C2)c2ccccc12.Cc1ccc2c(C)c(C(C)(C)C)cc(C(C)(C)C)c2n1. The van der Waals surface area contributed by atoms with Gasteiger partial charge in [-0.1, -0.05) is 276 Å². The first-order valence-electron chi connectivity index (χ1n) is 34.5. The summed E-state index contributed by atoms with van der Waals surface area (Å²) in [5, 5.41) is 9.98. The summed E-state index contributed by atoms with van der Waals surface area (Å²) >= 11 is 0. The number of rotatable bonds is 8. The van der Waals surface area contributed by atoms with Gasteiger partial charge in [0.25, 0.3) is 0 Å². The molecule has 9 rings (SSSR count). The molecule has 1 aliphatic carbocycles. The van der Waals surface area contributed by atoms with Crippen LogP contribution in [0.1, 0.15) is 303 Å². The molecule has 88 heavy (non-hydrogen) atoms. The maximum absolute atomic E-state index is 4.83. The van der Waals surface area contributed by atoms with Gasteiger partial charge in [-0.05, 0) is 246 Å². The Morgan fingerprint density at radius 2 is 0.670 bits per heavy atom. The zero-order chi connectivity index (χ0) is 66.3. The Labute approximate surface area is 540 Å². The average molecular weight is 1180 g/mol. The summed E-state index contributed by atoms with van der Waals surface area (Å²) in [6.07, 6.45) is 9.90. The minimum Gasteiger partial charge on any atom is -0.253 e. The van der Waals surface area contributed by atoms with E-state index in [0.29, 0.717) is 22.2 Å². The first-order valence-corrected chi connectivity index (χ1v) is 34.5. The maximum atomic E-state index is 4.83. The van der Waals surface area contributed by atoms with Gasteiger partial charge >= 0.3 is 0 Å². The van der Waals surface area contributed by atoms with Crippen molar-refractivity contribution < 1.29 is 0 Å². The Hall–Kier alpha value is -5.27. The number of hydrogen-bond acceptors (Lipinski definition) is 1. The highest BCUT2D eigenvalue weighted by molar-refractivity contribution is 5.93. The fourth-order valence-electron chi connectivity index (χ4n) is 16.1. The van der Waals surface area contributed by atoms with Crippen molar-refractivity contribution in [1.82, 2.24) is 4.98 Å². The number of hydrogen-bond donors (Lipinski definition) is 0. The summed E-state index contributed by atoms with van der Waals surface area (Å²) in [4.78, 5) is 4.83. The van der Waals surface area contributed by atoms with Crippen LogP contribution < -0.4 is 0 Å². The molecule has 1 saturated carbocycles. The van der Waals surface area contributed by atoms with Crippen LogP contribution in [-0.4, -0.2) is 4.98 Å². The molecule has 1 heteroatoms. The second-order valence-electron chi connectivity index (χ2n) is 34.4. The summed E-state index contributed by atoms with van der Waals surface area (Å²) in [5.41, 5.74) is 22.1. The summed E-state index contributed by atoms with van der Waals surface area (Å²) in [6.45, 7) is 69.8. The Morgan fingerprint density at radius 1 is 0.352 bits per heavy atom. The van der Waals surface area contributed by atoms with E-state index in [4.69, 9.17) is 4.98 Å². The molecule has 1 aliphatic rings. The van der Waals surface area contributed by atoms with Crippen molar-refractivity contribution in [1.29, 1.82) is 0 Å². The molecule has 0 bridgehead atoms. The van der Waals surface area contributed by atoms with Gasteiger partial charge in [0.15, 0.2) is 0 Å². The third-order valence-electron chi connectivity index (χ3n) is 21.2. The van der Waals surface area contributed by atoms with E-state index in [1.165, 1.54) is 150 Å². The van der Waals surface area contributed by atoms with E-state index in [0.717, 1.165) is 5.69 Å². The molecular weight excluding hydrogens is 1060 g/mol. The fourth-order valence-corrected chi connectivity index (χ4v) is 16.1. The maximum Gasteiger partial charge on any atom is 0.0745 e. The number of fused-ring (bicyclic) bond motifs is 4. The lowest BCUT2D eigenvalue weighted by Crippen LogP contribution is -2.33. The van der Waals surface area contributed by atoms with Gasteiger partial charge in [0.05, 0.1) is 5.52 Å². The van der Waals surface area contributed by atoms with Crippen LogP contribution in [0.25, 0.3) is 43.2 Å². The monoisotopic (exact) mass is 1180 g/mol. The molecule has 0 radical (unpaired) electrons. The van der Waals surface area contributed by atoms with Crippen molar-refractivity contribution >= 4 is 43.2 Å². The summed E-state index contributed by atoms with van der Waals surface area (Å²) in [7, 11) is 0. The second-order valence-corrected chi connectivity index (χ2v) is 34.4. The Bertz CT molecular complexity index is 3690. The standard InChI is InChI=1S/C25H36.C22H32.C21H30.C19H27N/c1-17-19-11-9-10-12-20(19)21(13-22(17)23(2,3)4)18-14-24(5,6)16-25(7,8)15-18;1-8-22(9-2,10-3)20-15-19(21(5,6)7)16(4)17-13-11-12-14-18(17)20;1-8-21(7,9-2)19-14-18(20(4,5)6)15(3)16-12-10-11-13-17(16)19;1-12-9-10-14-13(2)15(18(3,4)5)11-16(17(14)20-12)19(6,7)8/h9-13,18H,14-16H2,1-8H3;11-15H,8-10H2,1-7H3;10-14H,8-9H2,1-7H3;9-11H,1-8H3. The molecule has 1 nitrogen and oxygen atoms in total. The summed E-state index contributed by atoms with van der Waals surface area (Å²) in [5.74, 6) is 0.658. The first kappa shape index (κ1) is 71.8. The van der Waals surface area contributed by atoms with Crippen molar-refractivity contribution in [3.05, 3.63) is 182 Å². The second kappa shape index (κ2) is 26.5. The first-order chi connectivity index (χ1) is 40.5. The molecule has 1 fully saturated rings. The average Bonchev–Trinajstić information content (AvgIpc) is 0.804. The van der Waals surface area contributed by atoms with E-state index < -0.39 is 0 Å². The van der Waals surface area contributed by atoms with E-state index in [1.54, 1.807) is 11.1 Å². The number of pyridine rings is 1. The van der Waals surface area contributed by atoms with Crippen LogP contribution >= 0.6 is 0 Å². The number of aryl methyl sites for hydroxylation is 5. The van der Waals surface area contributed by atoms with Crippen LogP contribution in [0.5, 0.6) is 0 Å². The topological polar surface area (TPSA) is 12.9 Å². The van der Waals surface area contributed by atoms with E-state index >= 15 is 0 Å². The largest absolute Gasteiger partial charge is 0.253 e. The Kier molecular flexibility index (Phi) is 21.6. The minimum atomic E-state index is 0.104. The smallest absolute Gasteiger partial charge is 0.0745 e. The number of benzene rings is 7. The van der Waals surface area contributed by atoms with Gasteiger partial charge in [-0.3, -0.25) is 4.98 Å². The van der Waals surface area contributed by atoms with Crippen LogP contribution in [-0.2, 0) is 37.9 Å². The number of nitrogens with zero attached hydrogens (tertiary/aromatic N) is 1. The van der Waals surface area contributed by atoms with Crippen LogP contribution in [0, 0.1) is 45.4 Å². The zero-order valence-electron chi connectivity index (χ0n) is 62.1. The lowest BCUT2D eigenvalue weighted by Gasteiger charge is -2.45. The van der Waals surface area contributed by atoms with Gasteiger partial charge in [0, 0.05) is 11.1 Å². The van der Waals surface area contributed by atoms with Crippen molar-refractivity contribution in [3.8, 4) is 0 Å². The van der Waals surface area contributed by atoms with Gasteiger partial charge in [0.1, 0.15) is 0 Å². The highest BCUT2D eigenvalue weighted by Crippen LogP contribution is 2.54. The molecule has 8 aromatic rings. The molecule has 0 saturated heterocycles. The van der Waals surface area contributed by atoms with E-state index in [-0.39, 0.29) is 32.5 Å². The molecule has 1 aromatic heterocycles. The quantitative estimate of drug-likeness (QED) is 0.148. The molecular formula is C87H125N. The third-order valence-corrected chi connectivity index (χ3v) is 21.2. The van der Waals surface area contributed by atoms with Crippen LogP contribution in [0.4, 0.5) is 0 Å². The molecule has 478 valence electrons. The van der Waals surface area contributed by atoms with E-state index in [1.807, 2.05) is 0 Å². The highest BCUT2D eigenvalue weighted by Gasteiger charge is 2.40. The predicted octanol–water partition coefficient (Wildman–Crippen LogP) is 26.6. The summed E-state index contributed by atoms with van der Waals surface area (Å²) < 4.78 is 0. The summed E-state index contributed by atoms with van der Waals surface area (Å²) in [6, 6.07) is 41.3. The van der Waals surface area contributed by atoms with Crippen molar-refractivity contribution in [2.24, 2.45) is 10.8 Å². The van der Waals surface area contributed by atoms with Crippen LogP contribution in [0.15, 0.2) is 109 Å². The van der Waals surface area contributed by atoms with Gasteiger partial charge in [0.2, 0.25) is 0 Å².